The lowest BCUT2D eigenvalue weighted by Crippen LogP contribution is -2.35. The van der Waals surface area contributed by atoms with Crippen LogP contribution in [0, 0.1) is 11.6 Å². The number of amides is 1. The molecular formula is C21H20F2N2O3. The number of Topliss-reactive ketones (excluding diaryl/α,β-unsaturated/α-hetero) is 1. The Morgan fingerprint density at radius 3 is 2.07 bits per heavy atom. The Hall–Kier alpha value is -3.06. The molecule has 0 aliphatic carbocycles. The molecule has 2 aromatic carbocycles. The van der Waals surface area contributed by atoms with E-state index in [1.165, 1.54) is 41.3 Å². The van der Waals surface area contributed by atoms with Gasteiger partial charge in [-0.15, -0.1) is 0 Å². The second kappa shape index (κ2) is 7.90. The van der Waals surface area contributed by atoms with Crippen molar-refractivity contribution >= 4 is 17.4 Å². The number of halogens is 2. The Labute approximate surface area is 161 Å². The van der Waals surface area contributed by atoms with Crippen molar-refractivity contribution < 1.29 is 23.5 Å². The molecule has 28 heavy (non-hydrogen) atoms. The molecule has 0 saturated carbocycles. The highest BCUT2D eigenvalue weighted by atomic mass is 19.1. The minimum atomic E-state index is -0.856. The van der Waals surface area contributed by atoms with Gasteiger partial charge in [-0.3, -0.25) is 9.59 Å². The molecule has 1 fully saturated rings. The zero-order chi connectivity index (χ0) is 20.4. The molecule has 5 nitrogen and oxygen atoms in total. The summed E-state index contributed by atoms with van der Waals surface area (Å²) in [5.74, 6) is -2.89. The van der Waals surface area contributed by atoms with Gasteiger partial charge in [0.1, 0.15) is 17.4 Å². The third-order valence-corrected chi connectivity index (χ3v) is 4.63. The molecule has 0 radical (unpaired) electrons. The topological polar surface area (TPSA) is 60.9 Å². The first-order valence-corrected chi connectivity index (χ1v) is 8.74. The number of hydrogen-bond acceptors (Lipinski definition) is 4. The molecule has 0 unspecified atom stereocenters. The van der Waals surface area contributed by atoms with Gasteiger partial charge in [0, 0.05) is 18.7 Å². The molecule has 0 spiro atoms. The van der Waals surface area contributed by atoms with Gasteiger partial charge in [-0.05, 0) is 56.1 Å². The smallest absolute Gasteiger partial charge is 0.295 e. The molecule has 146 valence electrons. The first-order chi connectivity index (χ1) is 13.3. The summed E-state index contributed by atoms with van der Waals surface area (Å²) in [6.45, 7) is 0.751. The van der Waals surface area contributed by atoms with E-state index in [0.717, 1.165) is 12.1 Å². The SMILES string of the molecule is CN(C)CCN1C(=O)C(=O)C(=C(O)c2ccc(F)cc2)[C@@H]1c1ccc(F)cc1. The molecule has 1 atom stereocenters. The van der Waals surface area contributed by atoms with Gasteiger partial charge in [-0.1, -0.05) is 12.1 Å². The van der Waals surface area contributed by atoms with E-state index in [2.05, 4.69) is 0 Å². The van der Waals surface area contributed by atoms with E-state index >= 15 is 0 Å². The lowest BCUT2D eigenvalue weighted by Gasteiger charge is -2.26. The van der Waals surface area contributed by atoms with Crippen LogP contribution < -0.4 is 0 Å². The Bertz CT molecular complexity index is 922. The first kappa shape index (κ1) is 19.7. The number of benzene rings is 2. The monoisotopic (exact) mass is 386 g/mol. The molecule has 1 N–H and O–H groups in total. The second-order valence-electron chi connectivity index (χ2n) is 6.85. The quantitative estimate of drug-likeness (QED) is 0.488. The predicted octanol–water partition coefficient (Wildman–Crippen LogP) is 2.95. The van der Waals surface area contributed by atoms with E-state index in [1.54, 1.807) is 0 Å². The third kappa shape index (κ3) is 3.80. The fourth-order valence-electron chi connectivity index (χ4n) is 3.17. The molecule has 1 aliphatic heterocycles. The van der Waals surface area contributed by atoms with Gasteiger partial charge in [-0.2, -0.15) is 0 Å². The van der Waals surface area contributed by atoms with Crippen LogP contribution in [0.1, 0.15) is 17.2 Å². The van der Waals surface area contributed by atoms with Crippen molar-refractivity contribution in [1.82, 2.24) is 9.80 Å². The largest absolute Gasteiger partial charge is 0.507 e. The van der Waals surface area contributed by atoms with Crippen LogP contribution >= 0.6 is 0 Å². The van der Waals surface area contributed by atoms with Crippen molar-refractivity contribution in [3.63, 3.8) is 0 Å². The molecule has 0 bridgehead atoms. The summed E-state index contributed by atoms with van der Waals surface area (Å²) in [7, 11) is 3.67. The van der Waals surface area contributed by atoms with Crippen molar-refractivity contribution in [2.45, 2.75) is 6.04 Å². The molecule has 0 aromatic heterocycles. The Balaban J connectivity index is 2.13. The molecule has 1 amide bonds. The summed E-state index contributed by atoms with van der Waals surface area (Å²) < 4.78 is 26.6. The highest BCUT2D eigenvalue weighted by molar-refractivity contribution is 6.46. The van der Waals surface area contributed by atoms with Crippen LogP contribution in [0.5, 0.6) is 0 Å². The van der Waals surface area contributed by atoms with Crippen LogP contribution in [0.2, 0.25) is 0 Å². The van der Waals surface area contributed by atoms with Crippen LogP contribution in [0.4, 0.5) is 8.78 Å². The summed E-state index contributed by atoms with van der Waals surface area (Å²) >= 11 is 0. The Morgan fingerprint density at radius 2 is 1.54 bits per heavy atom. The summed E-state index contributed by atoms with van der Waals surface area (Å²) in [6.07, 6.45) is 0. The zero-order valence-corrected chi connectivity index (χ0v) is 15.5. The first-order valence-electron chi connectivity index (χ1n) is 8.74. The van der Waals surface area contributed by atoms with E-state index in [9.17, 15) is 23.5 Å². The highest BCUT2D eigenvalue weighted by Crippen LogP contribution is 2.39. The number of carbonyl (C=O) groups is 2. The van der Waals surface area contributed by atoms with Crippen LogP contribution in [0.15, 0.2) is 54.1 Å². The van der Waals surface area contributed by atoms with E-state index < -0.39 is 29.4 Å². The molecule has 1 heterocycles. The van der Waals surface area contributed by atoms with Crippen LogP contribution in [-0.2, 0) is 9.59 Å². The standard InChI is InChI=1S/C21H20F2N2O3/c1-24(2)11-12-25-18(13-3-7-15(22)8-4-13)17(20(27)21(25)28)19(26)14-5-9-16(23)10-6-14/h3-10,18,26H,11-12H2,1-2H3/t18-/m0/s1. The van der Waals surface area contributed by atoms with Crippen LogP contribution in [-0.4, -0.2) is 53.8 Å². The Morgan fingerprint density at radius 1 is 1.00 bits per heavy atom. The fraction of sp³-hybridized carbons (Fsp3) is 0.238. The van der Waals surface area contributed by atoms with Crippen LogP contribution in [0.3, 0.4) is 0 Å². The molecule has 2 aromatic rings. The average Bonchev–Trinajstić information content (AvgIpc) is 2.91. The number of likely N-dealkylation sites (N-methyl/N-ethyl adjacent to an activating group) is 1. The van der Waals surface area contributed by atoms with Crippen molar-refractivity contribution in [3.05, 3.63) is 76.9 Å². The van der Waals surface area contributed by atoms with Gasteiger partial charge in [0.2, 0.25) is 0 Å². The number of nitrogens with zero attached hydrogens (tertiary/aromatic N) is 2. The summed E-state index contributed by atoms with van der Waals surface area (Å²) in [6, 6.07) is 9.55. The number of hydrogen-bond donors (Lipinski definition) is 1. The maximum atomic E-state index is 13.4. The normalized spacial score (nSPS) is 18.9. The number of ketones is 1. The molecule has 7 heteroatoms. The van der Waals surface area contributed by atoms with E-state index in [4.69, 9.17) is 0 Å². The van der Waals surface area contributed by atoms with Gasteiger partial charge in [0.15, 0.2) is 0 Å². The maximum Gasteiger partial charge on any atom is 0.295 e. The fourth-order valence-corrected chi connectivity index (χ4v) is 3.17. The molecule has 1 saturated heterocycles. The zero-order valence-electron chi connectivity index (χ0n) is 15.5. The van der Waals surface area contributed by atoms with Gasteiger partial charge < -0.3 is 14.9 Å². The second-order valence-corrected chi connectivity index (χ2v) is 6.85. The van der Waals surface area contributed by atoms with Gasteiger partial charge >= 0.3 is 0 Å². The number of aliphatic hydroxyl groups excluding tert-OH is 1. The number of aliphatic hydroxyl groups is 1. The number of rotatable bonds is 5. The minimum Gasteiger partial charge on any atom is -0.507 e. The van der Waals surface area contributed by atoms with Gasteiger partial charge in [0.05, 0.1) is 11.6 Å². The van der Waals surface area contributed by atoms with Gasteiger partial charge in [0.25, 0.3) is 11.7 Å². The lowest BCUT2D eigenvalue weighted by atomic mass is 9.95. The maximum absolute atomic E-state index is 13.4. The lowest BCUT2D eigenvalue weighted by molar-refractivity contribution is -0.140. The number of carbonyl (C=O) groups excluding carboxylic acids is 2. The Kier molecular flexibility index (Phi) is 5.56. The number of likely N-dealkylation sites (tertiary alicyclic amines) is 1. The van der Waals surface area contributed by atoms with Crippen molar-refractivity contribution in [2.75, 3.05) is 27.2 Å². The molecule has 1 aliphatic rings. The van der Waals surface area contributed by atoms with E-state index in [-0.39, 0.29) is 23.4 Å². The summed E-state index contributed by atoms with van der Waals surface area (Å²) in [4.78, 5) is 28.6. The van der Waals surface area contributed by atoms with E-state index in [0.29, 0.717) is 12.1 Å². The van der Waals surface area contributed by atoms with Crippen molar-refractivity contribution in [3.8, 4) is 0 Å². The van der Waals surface area contributed by atoms with Crippen LogP contribution in [0.25, 0.3) is 5.76 Å². The summed E-state index contributed by atoms with van der Waals surface area (Å²) in [5.41, 5.74) is 0.629. The van der Waals surface area contributed by atoms with Gasteiger partial charge in [-0.25, -0.2) is 8.78 Å². The highest BCUT2D eigenvalue weighted by Gasteiger charge is 2.45. The predicted molar refractivity (Wildman–Crippen MR) is 100 cm³/mol. The van der Waals surface area contributed by atoms with E-state index in [1.807, 2.05) is 19.0 Å². The van der Waals surface area contributed by atoms with Crippen molar-refractivity contribution in [2.24, 2.45) is 0 Å². The minimum absolute atomic E-state index is 0.0954. The molecule has 3 rings (SSSR count). The third-order valence-electron chi connectivity index (χ3n) is 4.63. The summed E-state index contributed by atoms with van der Waals surface area (Å²) in [5, 5.41) is 10.8. The van der Waals surface area contributed by atoms with Crippen molar-refractivity contribution in [1.29, 1.82) is 0 Å². The molecular weight excluding hydrogens is 366 g/mol. The average molecular weight is 386 g/mol.